The first-order chi connectivity index (χ1) is 17.6. The quantitative estimate of drug-likeness (QED) is 0.535. The first-order valence-corrected chi connectivity index (χ1v) is 13.4. The SMILES string of the molecule is COc1ccc2c(c1)C(=CCCN1CCC3(CC1)OCCc1ccc(Cl)cc13)C1C=CC=NC1CO2. The van der Waals surface area contributed by atoms with Crippen molar-refractivity contribution >= 4 is 23.4 Å². The molecule has 2 aromatic rings. The molecule has 0 amide bonds. The molecule has 188 valence electrons. The van der Waals surface area contributed by atoms with E-state index in [4.69, 9.17) is 30.8 Å². The summed E-state index contributed by atoms with van der Waals surface area (Å²) in [5, 5.41) is 0.802. The fourth-order valence-electron chi connectivity index (χ4n) is 6.18. The third-order valence-electron chi connectivity index (χ3n) is 8.15. The molecule has 1 saturated heterocycles. The van der Waals surface area contributed by atoms with E-state index in [9.17, 15) is 0 Å². The van der Waals surface area contributed by atoms with Crippen molar-refractivity contribution in [2.24, 2.45) is 10.9 Å². The molecule has 2 unspecified atom stereocenters. The van der Waals surface area contributed by atoms with Crippen molar-refractivity contribution in [3.8, 4) is 11.5 Å². The lowest BCUT2D eigenvalue weighted by Crippen LogP contribution is -2.46. The Hall–Kier alpha value is -2.60. The number of hydrogen-bond donors (Lipinski definition) is 0. The van der Waals surface area contributed by atoms with Gasteiger partial charge >= 0.3 is 0 Å². The summed E-state index contributed by atoms with van der Waals surface area (Å²) in [6.07, 6.45) is 12.6. The van der Waals surface area contributed by atoms with Crippen molar-refractivity contribution in [1.29, 1.82) is 0 Å². The number of methoxy groups -OCH3 is 1. The molecule has 4 heterocycles. The first-order valence-electron chi connectivity index (χ1n) is 13.0. The Kier molecular flexibility index (Phi) is 6.63. The summed E-state index contributed by atoms with van der Waals surface area (Å²) in [5.74, 6) is 1.97. The smallest absolute Gasteiger partial charge is 0.127 e. The van der Waals surface area contributed by atoms with Crippen LogP contribution in [0.3, 0.4) is 0 Å². The zero-order chi connectivity index (χ0) is 24.5. The van der Waals surface area contributed by atoms with Gasteiger partial charge in [0.05, 0.1) is 25.4 Å². The zero-order valence-corrected chi connectivity index (χ0v) is 21.5. The van der Waals surface area contributed by atoms with E-state index in [1.807, 2.05) is 24.4 Å². The average Bonchev–Trinajstić information content (AvgIpc) is 3.07. The number of aliphatic imine (C=N–C) groups is 1. The standard InChI is InChI=1S/C30H33ClN2O3/c1-34-23-8-9-29-26(19-23)24(25-4-2-13-32-28(25)20-35-29)5-3-14-33-15-11-30(12-16-33)27-18-22(31)7-6-21(27)10-17-36-30/h2,4-9,13,18-19,25,28H,3,10-12,14-17,20H2,1H3. The van der Waals surface area contributed by atoms with Crippen LogP contribution in [0.4, 0.5) is 0 Å². The molecule has 0 aromatic heterocycles. The molecule has 5 nitrogen and oxygen atoms in total. The average molecular weight is 505 g/mol. The third-order valence-corrected chi connectivity index (χ3v) is 8.38. The van der Waals surface area contributed by atoms with Crippen molar-refractivity contribution in [2.45, 2.75) is 37.3 Å². The Morgan fingerprint density at radius 2 is 2.08 bits per heavy atom. The maximum atomic E-state index is 6.43. The van der Waals surface area contributed by atoms with Gasteiger partial charge in [0.1, 0.15) is 18.1 Å². The first kappa shape index (κ1) is 23.8. The summed E-state index contributed by atoms with van der Waals surface area (Å²) in [5.41, 5.74) is 4.92. The Morgan fingerprint density at radius 1 is 1.19 bits per heavy atom. The largest absolute Gasteiger partial charge is 0.497 e. The molecule has 0 N–H and O–H groups in total. The van der Waals surface area contributed by atoms with Crippen molar-refractivity contribution in [1.82, 2.24) is 4.90 Å². The van der Waals surface area contributed by atoms with E-state index in [0.29, 0.717) is 6.61 Å². The number of ether oxygens (including phenoxy) is 3. The predicted octanol–water partition coefficient (Wildman–Crippen LogP) is 5.70. The van der Waals surface area contributed by atoms with Crippen LogP contribution in [0.15, 0.2) is 59.6 Å². The topological polar surface area (TPSA) is 43.3 Å². The molecule has 36 heavy (non-hydrogen) atoms. The molecule has 0 saturated carbocycles. The number of benzene rings is 2. The van der Waals surface area contributed by atoms with E-state index < -0.39 is 0 Å². The summed E-state index contributed by atoms with van der Waals surface area (Å²) >= 11 is 6.36. The van der Waals surface area contributed by atoms with Crippen molar-refractivity contribution in [3.05, 3.63) is 76.3 Å². The number of fused-ring (bicyclic) bond motifs is 4. The number of nitrogens with zero attached hydrogens (tertiary/aromatic N) is 2. The van der Waals surface area contributed by atoms with Gasteiger partial charge in [-0.25, -0.2) is 0 Å². The molecule has 1 spiro atoms. The van der Waals surface area contributed by atoms with Gasteiger partial charge in [-0.05, 0) is 78.8 Å². The van der Waals surface area contributed by atoms with Crippen LogP contribution >= 0.6 is 11.6 Å². The molecule has 2 atom stereocenters. The number of allylic oxidation sites excluding steroid dienone is 1. The van der Waals surface area contributed by atoms with Gasteiger partial charge in [-0.15, -0.1) is 0 Å². The highest BCUT2D eigenvalue weighted by Crippen LogP contribution is 2.43. The van der Waals surface area contributed by atoms with Crippen LogP contribution in [0.2, 0.25) is 5.02 Å². The normalized spacial score (nSPS) is 25.6. The second-order valence-electron chi connectivity index (χ2n) is 10.1. The van der Waals surface area contributed by atoms with Gasteiger partial charge in [-0.2, -0.15) is 0 Å². The summed E-state index contributed by atoms with van der Waals surface area (Å²) in [6.45, 7) is 4.45. The number of likely N-dealkylation sites (tertiary alicyclic amines) is 1. The van der Waals surface area contributed by atoms with Gasteiger partial charge in [-0.3, -0.25) is 4.99 Å². The van der Waals surface area contributed by atoms with Crippen LogP contribution in [-0.2, 0) is 16.8 Å². The van der Waals surface area contributed by atoms with Gasteiger partial charge in [0, 0.05) is 42.4 Å². The lowest BCUT2D eigenvalue weighted by atomic mass is 9.79. The molecule has 2 aromatic carbocycles. The summed E-state index contributed by atoms with van der Waals surface area (Å²) in [6, 6.07) is 12.5. The third kappa shape index (κ3) is 4.49. The molecular formula is C30H33ClN2O3. The molecule has 6 rings (SSSR count). The molecule has 0 bridgehead atoms. The van der Waals surface area contributed by atoms with Crippen LogP contribution in [0.1, 0.15) is 36.0 Å². The van der Waals surface area contributed by atoms with Crippen LogP contribution in [0, 0.1) is 5.92 Å². The van der Waals surface area contributed by atoms with Crippen molar-refractivity contribution in [3.63, 3.8) is 0 Å². The number of dihydropyridines is 1. The molecule has 0 radical (unpaired) electrons. The molecule has 4 aliphatic heterocycles. The number of hydrogen-bond acceptors (Lipinski definition) is 5. The fraction of sp³-hybridized carbons (Fsp3) is 0.433. The number of rotatable bonds is 4. The molecule has 0 aliphatic carbocycles. The molecule has 6 heteroatoms. The molecular weight excluding hydrogens is 472 g/mol. The van der Waals surface area contributed by atoms with E-state index in [0.717, 1.165) is 74.0 Å². The minimum Gasteiger partial charge on any atom is -0.497 e. The van der Waals surface area contributed by atoms with E-state index in [1.54, 1.807) is 7.11 Å². The maximum absolute atomic E-state index is 6.43. The van der Waals surface area contributed by atoms with Crippen LogP contribution in [0.5, 0.6) is 11.5 Å². The fourth-order valence-corrected chi connectivity index (χ4v) is 6.35. The Balaban J connectivity index is 1.18. The van der Waals surface area contributed by atoms with E-state index in [2.05, 4.69) is 41.3 Å². The van der Waals surface area contributed by atoms with Crippen molar-refractivity contribution < 1.29 is 14.2 Å². The van der Waals surface area contributed by atoms with Crippen LogP contribution in [-0.4, -0.2) is 57.1 Å². The van der Waals surface area contributed by atoms with Gasteiger partial charge in [0.15, 0.2) is 0 Å². The van der Waals surface area contributed by atoms with E-state index in [1.165, 1.54) is 16.7 Å². The zero-order valence-electron chi connectivity index (χ0n) is 20.8. The van der Waals surface area contributed by atoms with Gasteiger partial charge in [-0.1, -0.05) is 29.8 Å². The monoisotopic (exact) mass is 504 g/mol. The Morgan fingerprint density at radius 3 is 2.94 bits per heavy atom. The van der Waals surface area contributed by atoms with Crippen LogP contribution in [0.25, 0.3) is 5.57 Å². The molecule has 4 aliphatic rings. The highest BCUT2D eigenvalue weighted by molar-refractivity contribution is 6.30. The van der Waals surface area contributed by atoms with E-state index in [-0.39, 0.29) is 17.6 Å². The second kappa shape index (κ2) is 10.0. The maximum Gasteiger partial charge on any atom is 0.127 e. The van der Waals surface area contributed by atoms with Gasteiger partial charge in [0.25, 0.3) is 0 Å². The van der Waals surface area contributed by atoms with E-state index >= 15 is 0 Å². The highest BCUT2D eigenvalue weighted by Gasteiger charge is 2.40. The molecule has 1 fully saturated rings. The second-order valence-corrected chi connectivity index (χ2v) is 10.6. The number of piperidine rings is 1. The lowest BCUT2D eigenvalue weighted by molar-refractivity contribution is -0.0976. The summed E-state index contributed by atoms with van der Waals surface area (Å²) in [4.78, 5) is 7.28. The Labute approximate surface area is 218 Å². The lowest BCUT2D eigenvalue weighted by Gasteiger charge is -2.45. The Bertz CT molecular complexity index is 1210. The minimum absolute atomic E-state index is 0.102. The van der Waals surface area contributed by atoms with Gasteiger partial charge in [0.2, 0.25) is 0 Å². The highest BCUT2D eigenvalue weighted by atomic mass is 35.5. The predicted molar refractivity (Wildman–Crippen MR) is 144 cm³/mol. The summed E-state index contributed by atoms with van der Waals surface area (Å²) < 4.78 is 18.1. The van der Waals surface area contributed by atoms with Gasteiger partial charge < -0.3 is 19.1 Å². The minimum atomic E-state index is -0.181. The summed E-state index contributed by atoms with van der Waals surface area (Å²) in [7, 11) is 1.71. The number of halogens is 1. The van der Waals surface area contributed by atoms with Crippen LogP contribution < -0.4 is 9.47 Å². The van der Waals surface area contributed by atoms with Crippen molar-refractivity contribution in [2.75, 3.05) is 40.0 Å².